The van der Waals surface area contributed by atoms with Gasteiger partial charge in [-0.15, -0.1) is 46.6 Å². The Labute approximate surface area is 94.0 Å². The average molecular weight is 309 g/mol. The number of amidine groups is 1. The first-order chi connectivity index (χ1) is 4.27. The minimum Gasteiger partial charge on any atom is -0.379 e. The van der Waals surface area contributed by atoms with Crippen LogP contribution in [0.15, 0.2) is 4.99 Å². The van der Waals surface area contributed by atoms with Crippen LogP contribution in [0.1, 0.15) is 12.8 Å². The Hall–Kier alpha value is 0.740. The summed E-state index contributed by atoms with van der Waals surface area (Å²) in [5.41, 5.74) is 10.4. The molecule has 0 unspecified atom stereocenters. The van der Waals surface area contributed by atoms with Crippen molar-refractivity contribution in [1.29, 1.82) is 0 Å². The highest BCUT2D eigenvalue weighted by molar-refractivity contribution is 8.93. The third kappa shape index (κ3) is 18.1. The second-order valence-corrected chi connectivity index (χ2v) is 2.19. The summed E-state index contributed by atoms with van der Waals surface area (Å²) in [7, 11) is 0. The van der Waals surface area contributed by atoms with Gasteiger partial charge in [0.2, 0.25) is 0 Å². The van der Waals surface area contributed by atoms with E-state index in [1.54, 1.807) is 0 Å². The molecule has 0 amide bonds. The van der Waals surface area contributed by atoms with E-state index in [0.717, 1.165) is 25.9 Å². The third-order valence-corrected chi connectivity index (χ3v) is 1.03. The Bertz CT molecular complexity index is 95.7. The summed E-state index contributed by atoms with van der Waals surface area (Å²) >= 11 is 3.80. The number of aliphatic imine (C=N–C) groups is 1. The summed E-state index contributed by atoms with van der Waals surface area (Å²) in [6.07, 6.45) is 2.00. The van der Waals surface area contributed by atoms with Crippen LogP contribution in [-0.4, -0.2) is 18.3 Å². The second-order valence-electron chi connectivity index (χ2n) is 1.74. The Morgan fingerprint density at radius 1 is 1.27 bits per heavy atom. The first-order valence-electron chi connectivity index (χ1n) is 2.96. The van der Waals surface area contributed by atoms with Crippen LogP contribution in [-0.2, 0) is 0 Å². The van der Waals surface area contributed by atoms with E-state index in [1.165, 1.54) is 0 Å². The van der Waals surface area contributed by atoms with Gasteiger partial charge in [-0.3, -0.25) is 4.99 Å². The van der Waals surface area contributed by atoms with E-state index in [1.807, 2.05) is 0 Å². The van der Waals surface area contributed by atoms with E-state index in [-0.39, 0.29) is 34.0 Å². The monoisotopic (exact) mass is 307 g/mol. The van der Waals surface area contributed by atoms with Gasteiger partial charge in [0.15, 0.2) is 5.17 Å². The Kier molecular flexibility index (Phi) is 21.5. The van der Waals surface area contributed by atoms with E-state index < -0.39 is 0 Å². The van der Waals surface area contributed by atoms with E-state index in [0.29, 0.717) is 5.17 Å². The van der Waals surface area contributed by atoms with Crippen molar-refractivity contribution in [2.75, 3.05) is 13.1 Å². The normalized spacial score (nSPS) is 9.82. The molecule has 0 aliphatic carbocycles. The predicted octanol–water partition coefficient (Wildman–Crippen LogP) is 1.13. The summed E-state index contributed by atoms with van der Waals surface area (Å²) in [5, 5.41) is 0.354. The van der Waals surface area contributed by atoms with Crippen molar-refractivity contribution in [2.24, 2.45) is 16.5 Å². The topological polar surface area (TPSA) is 64.4 Å². The van der Waals surface area contributed by atoms with E-state index in [2.05, 4.69) is 17.6 Å². The zero-order valence-electron chi connectivity index (χ0n) is 6.19. The smallest absolute Gasteiger partial charge is 0.150 e. The number of hydrogen-bond donors (Lipinski definition) is 3. The third-order valence-electron chi connectivity index (χ3n) is 0.886. The molecule has 0 heterocycles. The van der Waals surface area contributed by atoms with Crippen LogP contribution in [0.4, 0.5) is 0 Å². The van der Waals surface area contributed by atoms with Crippen molar-refractivity contribution in [3.05, 3.63) is 0 Å². The van der Waals surface area contributed by atoms with Gasteiger partial charge in [0.1, 0.15) is 0 Å². The molecule has 0 fully saturated rings. The van der Waals surface area contributed by atoms with E-state index >= 15 is 0 Å². The van der Waals surface area contributed by atoms with Crippen molar-refractivity contribution in [3.8, 4) is 0 Å². The van der Waals surface area contributed by atoms with Crippen LogP contribution < -0.4 is 11.5 Å². The average Bonchev–Trinajstić information content (AvgIpc) is 1.80. The largest absolute Gasteiger partial charge is 0.379 e. The van der Waals surface area contributed by atoms with E-state index in [4.69, 9.17) is 11.5 Å². The van der Waals surface area contributed by atoms with Crippen molar-refractivity contribution in [2.45, 2.75) is 12.8 Å². The molecule has 0 aromatic rings. The summed E-state index contributed by atoms with van der Waals surface area (Å²) < 4.78 is 0. The zero-order chi connectivity index (χ0) is 7.11. The van der Waals surface area contributed by atoms with Crippen molar-refractivity contribution >= 4 is 51.8 Å². The minimum atomic E-state index is 0. The second kappa shape index (κ2) is 13.3. The Morgan fingerprint density at radius 2 is 1.82 bits per heavy atom. The molecule has 0 atom stereocenters. The zero-order valence-corrected chi connectivity index (χ0v) is 10.5. The van der Waals surface area contributed by atoms with Crippen LogP contribution in [0.2, 0.25) is 0 Å². The van der Waals surface area contributed by atoms with Crippen molar-refractivity contribution in [3.63, 3.8) is 0 Å². The maximum atomic E-state index is 5.25. The van der Waals surface area contributed by atoms with Crippen molar-refractivity contribution in [1.82, 2.24) is 0 Å². The van der Waals surface area contributed by atoms with Crippen LogP contribution in [0.3, 0.4) is 0 Å². The number of thiol groups is 1. The van der Waals surface area contributed by atoms with Gasteiger partial charge in [0.05, 0.1) is 0 Å². The molecule has 0 saturated carbocycles. The summed E-state index contributed by atoms with van der Waals surface area (Å²) in [5.74, 6) is 0. The molecule has 0 bridgehead atoms. The molecule has 0 rings (SSSR count). The van der Waals surface area contributed by atoms with Gasteiger partial charge in [0.25, 0.3) is 0 Å². The lowest BCUT2D eigenvalue weighted by Gasteiger charge is -1.92. The standard InChI is InChI=1S/C5H13N3S.2BrH/c6-3-1-2-4-8-5(7)9;;/h1-4,6H2,(H3,7,8,9);2*1H. The molecular formula is C5H15Br2N3S. The van der Waals surface area contributed by atoms with Gasteiger partial charge in [-0.05, 0) is 19.4 Å². The first kappa shape index (κ1) is 17.7. The SMILES string of the molecule is Br.Br.NCCCCN=C(N)S. The van der Waals surface area contributed by atoms with Crippen LogP contribution in [0.5, 0.6) is 0 Å². The number of unbranched alkanes of at least 4 members (excludes halogenated alkanes) is 1. The molecule has 0 aliphatic rings. The lowest BCUT2D eigenvalue weighted by Crippen LogP contribution is -2.04. The summed E-state index contributed by atoms with van der Waals surface area (Å²) in [4.78, 5) is 3.87. The molecule has 0 aromatic carbocycles. The number of halogens is 2. The van der Waals surface area contributed by atoms with Gasteiger partial charge in [0, 0.05) is 6.54 Å². The fourth-order valence-electron chi connectivity index (χ4n) is 0.450. The van der Waals surface area contributed by atoms with Gasteiger partial charge < -0.3 is 11.5 Å². The quantitative estimate of drug-likeness (QED) is 0.315. The number of nitrogens with two attached hydrogens (primary N) is 2. The molecule has 4 N–H and O–H groups in total. The van der Waals surface area contributed by atoms with Crippen molar-refractivity contribution < 1.29 is 0 Å². The van der Waals surface area contributed by atoms with Gasteiger partial charge in [-0.1, -0.05) is 0 Å². The van der Waals surface area contributed by atoms with Gasteiger partial charge in [-0.25, -0.2) is 0 Å². The highest BCUT2D eigenvalue weighted by Gasteiger charge is 1.82. The predicted molar refractivity (Wildman–Crippen MR) is 64.4 cm³/mol. The molecule has 0 saturated heterocycles. The lowest BCUT2D eigenvalue weighted by atomic mass is 10.3. The lowest BCUT2D eigenvalue weighted by molar-refractivity contribution is 0.756. The highest BCUT2D eigenvalue weighted by Crippen LogP contribution is 1.86. The maximum absolute atomic E-state index is 5.25. The molecule has 0 spiro atoms. The number of nitrogens with zero attached hydrogens (tertiary/aromatic N) is 1. The van der Waals surface area contributed by atoms with Crippen LogP contribution in [0.25, 0.3) is 0 Å². The fourth-order valence-corrected chi connectivity index (χ4v) is 0.550. The molecule has 11 heavy (non-hydrogen) atoms. The molecule has 0 aliphatic heterocycles. The molecule has 70 valence electrons. The van der Waals surface area contributed by atoms with Gasteiger partial charge in [-0.2, -0.15) is 0 Å². The molecule has 6 heteroatoms. The summed E-state index contributed by atoms with van der Waals surface area (Å²) in [6, 6.07) is 0. The molecule has 0 radical (unpaired) electrons. The Balaban J connectivity index is -0.000000320. The van der Waals surface area contributed by atoms with Crippen LogP contribution >= 0.6 is 46.6 Å². The maximum Gasteiger partial charge on any atom is 0.150 e. The molecule has 3 nitrogen and oxygen atoms in total. The van der Waals surface area contributed by atoms with Gasteiger partial charge >= 0.3 is 0 Å². The fraction of sp³-hybridized carbons (Fsp3) is 0.800. The first-order valence-corrected chi connectivity index (χ1v) is 3.41. The minimum absolute atomic E-state index is 0. The molecule has 0 aromatic heterocycles. The number of rotatable bonds is 4. The van der Waals surface area contributed by atoms with E-state index in [9.17, 15) is 0 Å². The number of hydrogen-bond acceptors (Lipinski definition) is 2. The van der Waals surface area contributed by atoms with Crippen LogP contribution in [0, 0.1) is 0 Å². The summed E-state index contributed by atoms with van der Waals surface area (Å²) in [6.45, 7) is 1.47. The molecular weight excluding hydrogens is 294 g/mol. The Morgan fingerprint density at radius 3 is 2.18 bits per heavy atom. The highest BCUT2D eigenvalue weighted by atomic mass is 79.9.